The van der Waals surface area contributed by atoms with E-state index in [2.05, 4.69) is 49.3 Å². The molecule has 0 spiro atoms. The van der Waals surface area contributed by atoms with E-state index in [-0.39, 0.29) is 0 Å². The quantitative estimate of drug-likeness (QED) is 0.364. The first-order valence-corrected chi connectivity index (χ1v) is 10.6. The Labute approximate surface area is 189 Å². The van der Waals surface area contributed by atoms with Gasteiger partial charge in [0.2, 0.25) is 5.95 Å². The molecule has 0 aliphatic carbocycles. The van der Waals surface area contributed by atoms with Crippen molar-refractivity contribution >= 4 is 33.7 Å². The highest BCUT2D eigenvalue weighted by molar-refractivity contribution is 5.95. The van der Waals surface area contributed by atoms with Crippen molar-refractivity contribution in [3.8, 4) is 22.6 Å². The smallest absolute Gasteiger partial charge is 0.214 e. The lowest BCUT2D eigenvalue weighted by molar-refractivity contribution is 0.416. The number of nitrogens with zero attached hydrogens (tertiary/aromatic N) is 4. The van der Waals surface area contributed by atoms with Gasteiger partial charge in [-0.1, -0.05) is 36.4 Å². The minimum atomic E-state index is 0.695. The van der Waals surface area contributed by atoms with Crippen LogP contribution in [0.2, 0.25) is 0 Å². The number of para-hydroxylation sites is 3. The zero-order chi connectivity index (χ0) is 22.2. The molecule has 0 saturated heterocycles. The van der Waals surface area contributed by atoms with Crippen molar-refractivity contribution in [1.29, 1.82) is 0 Å². The van der Waals surface area contributed by atoms with E-state index in [0.717, 1.165) is 44.5 Å². The summed E-state index contributed by atoms with van der Waals surface area (Å²) in [4.78, 5) is 9.11. The second-order valence-corrected chi connectivity index (χ2v) is 7.63. The van der Waals surface area contributed by atoms with Crippen molar-refractivity contribution in [1.82, 2.24) is 24.7 Å². The number of aromatic amines is 1. The van der Waals surface area contributed by atoms with Gasteiger partial charge in [-0.25, -0.2) is 4.98 Å². The molecule has 6 aromatic rings. The van der Waals surface area contributed by atoms with E-state index in [1.165, 1.54) is 0 Å². The van der Waals surface area contributed by atoms with Crippen LogP contribution in [0.5, 0.6) is 5.75 Å². The molecule has 0 atom stereocenters. The van der Waals surface area contributed by atoms with Gasteiger partial charge in [-0.05, 0) is 48.0 Å². The van der Waals surface area contributed by atoms with Gasteiger partial charge in [0.1, 0.15) is 5.75 Å². The first-order valence-electron chi connectivity index (χ1n) is 10.6. The molecule has 0 bridgehead atoms. The molecule has 7 heteroatoms. The highest BCUT2D eigenvalue weighted by Gasteiger charge is 2.16. The summed E-state index contributed by atoms with van der Waals surface area (Å²) < 4.78 is 7.63. The van der Waals surface area contributed by atoms with Crippen LogP contribution in [0.4, 0.5) is 11.8 Å². The standard InChI is InChI=1S/C26H20N6O/c1-33-24-13-14-27-16-20(24)17-11-12-21-19(15-17)25(31-30-21)29-26-28-22-9-5-6-10-23(22)32(26)18-7-3-2-4-8-18/h2-16H,1H3,(H2,28,29,30,31). The Bertz CT molecular complexity index is 1590. The molecule has 3 aromatic heterocycles. The summed E-state index contributed by atoms with van der Waals surface area (Å²) in [5.74, 6) is 2.16. The second-order valence-electron chi connectivity index (χ2n) is 7.63. The van der Waals surface area contributed by atoms with Crippen molar-refractivity contribution < 1.29 is 4.74 Å². The third kappa shape index (κ3) is 3.27. The van der Waals surface area contributed by atoms with Crippen LogP contribution in [-0.4, -0.2) is 31.8 Å². The third-order valence-electron chi connectivity index (χ3n) is 5.68. The Hall–Kier alpha value is -4.65. The topological polar surface area (TPSA) is 80.7 Å². The van der Waals surface area contributed by atoms with Crippen molar-refractivity contribution in [2.75, 3.05) is 12.4 Å². The highest BCUT2D eigenvalue weighted by Crippen LogP contribution is 2.34. The molecule has 0 saturated carbocycles. The number of fused-ring (bicyclic) bond motifs is 2. The van der Waals surface area contributed by atoms with Crippen molar-refractivity contribution in [3.63, 3.8) is 0 Å². The molecule has 2 N–H and O–H groups in total. The molecule has 6 rings (SSSR count). The van der Waals surface area contributed by atoms with E-state index >= 15 is 0 Å². The van der Waals surface area contributed by atoms with Gasteiger partial charge in [0.05, 0.1) is 23.7 Å². The largest absolute Gasteiger partial charge is 0.496 e. The van der Waals surface area contributed by atoms with Crippen LogP contribution < -0.4 is 10.1 Å². The Balaban J connectivity index is 1.48. The third-order valence-corrected chi connectivity index (χ3v) is 5.68. The van der Waals surface area contributed by atoms with Gasteiger partial charge in [-0.2, -0.15) is 5.10 Å². The molecule has 0 fully saturated rings. The molecular weight excluding hydrogens is 412 g/mol. The summed E-state index contributed by atoms with van der Waals surface area (Å²) >= 11 is 0. The first kappa shape index (κ1) is 19.1. The molecule has 0 radical (unpaired) electrons. The van der Waals surface area contributed by atoms with Crippen molar-refractivity contribution in [2.45, 2.75) is 0 Å². The monoisotopic (exact) mass is 432 g/mol. The summed E-state index contributed by atoms with van der Waals surface area (Å²) in [6.07, 6.45) is 3.53. The number of ether oxygens (including phenoxy) is 1. The van der Waals surface area contributed by atoms with E-state index in [0.29, 0.717) is 11.8 Å². The van der Waals surface area contributed by atoms with Gasteiger partial charge in [0, 0.05) is 29.0 Å². The highest BCUT2D eigenvalue weighted by atomic mass is 16.5. The van der Waals surface area contributed by atoms with Gasteiger partial charge in [-0.3, -0.25) is 14.6 Å². The van der Waals surface area contributed by atoms with Crippen LogP contribution in [-0.2, 0) is 0 Å². The number of anilines is 2. The predicted molar refractivity (Wildman–Crippen MR) is 130 cm³/mol. The lowest BCUT2D eigenvalue weighted by Gasteiger charge is -2.10. The lowest BCUT2D eigenvalue weighted by Crippen LogP contribution is -2.02. The summed E-state index contributed by atoms with van der Waals surface area (Å²) in [6, 6.07) is 26.2. The molecular formula is C26H20N6O. The minimum Gasteiger partial charge on any atom is -0.496 e. The fraction of sp³-hybridized carbons (Fsp3) is 0.0385. The van der Waals surface area contributed by atoms with Crippen LogP contribution in [0, 0.1) is 0 Å². The van der Waals surface area contributed by atoms with E-state index in [4.69, 9.17) is 9.72 Å². The Kier molecular flexibility index (Phi) is 4.51. The molecule has 7 nitrogen and oxygen atoms in total. The average molecular weight is 432 g/mol. The minimum absolute atomic E-state index is 0.695. The zero-order valence-electron chi connectivity index (χ0n) is 17.9. The molecule has 0 unspecified atom stereocenters. The number of nitrogens with one attached hydrogen (secondary N) is 2. The summed E-state index contributed by atoms with van der Waals surface area (Å²) in [5.41, 5.74) is 5.79. The van der Waals surface area contributed by atoms with Crippen LogP contribution >= 0.6 is 0 Å². The fourth-order valence-electron chi connectivity index (χ4n) is 4.11. The number of pyridine rings is 1. The predicted octanol–water partition coefficient (Wildman–Crippen LogP) is 5.72. The molecule has 3 aromatic carbocycles. The van der Waals surface area contributed by atoms with Crippen LogP contribution in [0.3, 0.4) is 0 Å². The van der Waals surface area contributed by atoms with Crippen LogP contribution in [0.1, 0.15) is 0 Å². The maximum atomic E-state index is 5.53. The van der Waals surface area contributed by atoms with Gasteiger partial charge < -0.3 is 10.1 Å². The Morgan fingerprint density at radius 3 is 2.67 bits per heavy atom. The molecule has 33 heavy (non-hydrogen) atoms. The maximum Gasteiger partial charge on any atom is 0.214 e. The summed E-state index contributed by atoms with van der Waals surface area (Å²) in [6.45, 7) is 0. The molecule has 0 amide bonds. The number of imidazole rings is 1. The molecule has 3 heterocycles. The van der Waals surface area contributed by atoms with E-state index in [1.54, 1.807) is 13.3 Å². The van der Waals surface area contributed by atoms with E-state index in [9.17, 15) is 0 Å². The number of H-pyrrole nitrogens is 1. The first-order chi connectivity index (χ1) is 16.3. The molecule has 0 aliphatic heterocycles. The van der Waals surface area contributed by atoms with E-state index in [1.807, 2.05) is 60.8 Å². The average Bonchev–Trinajstić information content (AvgIpc) is 3.45. The Morgan fingerprint density at radius 1 is 0.939 bits per heavy atom. The summed E-state index contributed by atoms with van der Waals surface area (Å²) in [7, 11) is 1.66. The van der Waals surface area contributed by atoms with Gasteiger partial charge in [-0.15, -0.1) is 0 Å². The van der Waals surface area contributed by atoms with E-state index < -0.39 is 0 Å². The normalized spacial score (nSPS) is 11.2. The number of rotatable bonds is 5. The van der Waals surface area contributed by atoms with Crippen molar-refractivity contribution in [3.05, 3.63) is 91.3 Å². The number of hydrogen-bond donors (Lipinski definition) is 2. The lowest BCUT2D eigenvalue weighted by atomic mass is 10.0. The van der Waals surface area contributed by atoms with Gasteiger partial charge >= 0.3 is 0 Å². The molecule has 0 aliphatic rings. The van der Waals surface area contributed by atoms with Crippen molar-refractivity contribution in [2.24, 2.45) is 0 Å². The van der Waals surface area contributed by atoms with Gasteiger partial charge in [0.15, 0.2) is 5.82 Å². The number of aromatic nitrogens is 5. The fourth-order valence-corrected chi connectivity index (χ4v) is 4.11. The maximum absolute atomic E-state index is 5.53. The number of hydrogen-bond acceptors (Lipinski definition) is 5. The van der Waals surface area contributed by atoms with Gasteiger partial charge in [0.25, 0.3) is 0 Å². The number of methoxy groups -OCH3 is 1. The Morgan fingerprint density at radius 2 is 1.79 bits per heavy atom. The zero-order valence-corrected chi connectivity index (χ0v) is 17.9. The summed E-state index contributed by atoms with van der Waals surface area (Å²) in [5, 5.41) is 12.1. The molecule has 160 valence electrons. The van der Waals surface area contributed by atoms with Crippen LogP contribution in [0.25, 0.3) is 38.8 Å². The van der Waals surface area contributed by atoms with Crippen LogP contribution in [0.15, 0.2) is 91.3 Å². The second kappa shape index (κ2) is 7.80. The SMILES string of the molecule is COc1ccncc1-c1ccc2[nH]nc(Nc3nc4ccccc4n3-c3ccccc3)c2c1. The number of benzene rings is 3.